The Labute approximate surface area is 200 Å². The van der Waals surface area contributed by atoms with Crippen LogP contribution in [0.1, 0.15) is 44.9 Å². The van der Waals surface area contributed by atoms with Gasteiger partial charge < -0.3 is 19.7 Å². The fraction of sp³-hybridized carbons (Fsp3) is 0.625. The molecule has 2 N–H and O–H groups in total. The first-order valence-corrected chi connectivity index (χ1v) is 13.9. The van der Waals surface area contributed by atoms with E-state index in [4.69, 9.17) is 14.4 Å². The van der Waals surface area contributed by atoms with E-state index in [1.165, 1.54) is 0 Å². The monoisotopic (exact) mass is 494 g/mol. The van der Waals surface area contributed by atoms with Crippen molar-refractivity contribution in [1.82, 2.24) is 10.2 Å². The van der Waals surface area contributed by atoms with Crippen LogP contribution in [0.4, 0.5) is 0 Å². The van der Waals surface area contributed by atoms with Crippen LogP contribution in [-0.2, 0) is 28.2 Å². The lowest BCUT2D eigenvalue weighted by Gasteiger charge is -2.42. The summed E-state index contributed by atoms with van der Waals surface area (Å²) in [6, 6.07) is 9.40. The predicted molar refractivity (Wildman–Crippen MR) is 127 cm³/mol. The molecular weight excluding hydrogens is 459 g/mol. The highest BCUT2D eigenvalue weighted by Crippen LogP contribution is 2.49. The van der Waals surface area contributed by atoms with Gasteiger partial charge in [0.25, 0.3) is 0 Å². The molecule has 9 nitrogen and oxygen atoms in total. The zero-order valence-electron chi connectivity index (χ0n) is 19.9. The molecule has 1 amide bonds. The molecule has 2 aliphatic rings. The minimum absolute atomic E-state index is 0.000506. The Kier molecular flexibility index (Phi) is 9.28. The predicted octanol–water partition coefficient (Wildman–Crippen LogP) is 2.39. The Morgan fingerprint density at radius 3 is 2.59 bits per heavy atom. The van der Waals surface area contributed by atoms with Crippen molar-refractivity contribution in [3.63, 3.8) is 0 Å². The lowest BCUT2D eigenvalue weighted by Crippen LogP contribution is -2.53. The van der Waals surface area contributed by atoms with E-state index < -0.39 is 25.4 Å². The fourth-order valence-corrected chi connectivity index (χ4v) is 6.46. The smallest absolute Gasteiger partial charge is 0.313 e. The number of esters is 1. The number of carbonyl (C=O) groups excluding carboxylic acids is 2. The number of aliphatic carboxylic acids is 1. The van der Waals surface area contributed by atoms with E-state index in [1.54, 1.807) is 18.8 Å². The average Bonchev–Trinajstić information content (AvgIpc) is 3.03. The van der Waals surface area contributed by atoms with Gasteiger partial charge in [0.2, 0.25) is 13.3 Å². The zero-order valence-corrected chi connectivity index (χ0v) is 20.7. The number of nitrogens with one attached hydrogen (secondary N) is 1. The quantitative estimate of drug-likeness (QED) is 0.258. The summed E-state index contributed by atoms with van der Waals surface area (Å²) < 4.78 is 25.2. The maximum atomic E-state index is 13.4. The minimum Gasteiger partial charge on any atom is -0.481 e. The number of carboxylic acid groups (broad SMARTS) is 1. The Bertz CT molecular complexity index is 910. The first-order valence-electron chi connectivity index (χ1n) is 11.9. The van der Waals surface area contributed by atoms with E-state index >= 15 is 0 Å². The summed E-state index contributed by atoms with van der Waals surface area (Å²) in [6.07, 6.45) is 2.97. The van der Waals surface area contributed by atoms with Gasteiger partial charge >= 0.3 is 11.9 Å². The molecule has 2 saturated heterocycles. The van der Waals surface area contributed by atoms with Gasteiger partial charge in [-0.1, -0.05) is 18.2 Å². The summed E-state index contributed by atoms with van der Waals surface area (Å²) >= 11 is 0. The van der Waals surface area contributed by atoms with E-state index in [-0.39, 0.29) is 37.4 Å². The molecule has 0 aliphatic carbocycles. The molecule has 188 valence electrons. The topological polar surface area (TPSA) is 122 Å². The van der Waals surface area contributed by atoms with Crippen molar-refractivity contribution in [3.05, 3.63) is 30.3 Å². The van der Waals surface area contributed by atoms with Gasteiger partial charge in [-0.15, -0.1) is 0 Å². The van der Waals surface area contributed by atoms with Crippen molar-refractivity contribution >= 4 is 30.5 Å². The summed E-state index contributed by atoms with van der Waals surface area (Å²) in [5.41, 5.74) is 0. The van der Waals surface area contributed by atoms with Crippen molar-refractivity contribution in [2.24, 2.45) is 5.92 Å². The number of ether oxygens (including phenoxy) is 1. The fourth-order valence-electron chi connectivity index (χ4n) is 4.89. The third kappa shape index (κ3) is 6.90. The van der Waals surface area contributed by atoms with Crippen LogP contribution in [0, 0.1) is 5.92 Å². The van der Waals surface area contributed by atoms with Gasteiger partial charge in [0.05, 0.1) is 25.0 Å². The average molecular weight is 495 g/mol. The van der Waals surface area contributed by atoms with Gasteiger partial charge in [-0.3, -0.25) is 23.8 Å². The van der Waals surface area contributed by atoms with Crippen molar-refractivity contribution in [2.45, 2.75) is 63.1 Å². The number of unbranched alkanes of at least 4 members (excludes halogenated alkanes) is 1. The second-order valence-electron chi connectivity index (χ2n) is 9.17. The molecule has 2 bridgehead atoms. The lowest BCUT2D eigenvalue weighted by molar-refractivity contribution is -0.157. The minimum atomic E-state index is -3.10. The zero-order chi connectivity index (χ0) is 24.7. The number of hydrogen-bond donors (Lipinski definition) is 2. The maximum Gasteiger partial charge on any atom is 0.313 e. The van der Waals surface area contributed by atoms with Crippen molar-refractivity contribution in [2.75, 3.05) is 26.9 Å². The van der Waals surface area contributed by atoms with Crippen LogP contribution in [0.5, 0.6) is 0 Å². The molecule has 2 aliphatic heterocycles. The number of benzene rings is 1. The molecule has 10 heteroatoms. The summed E-state index contributed by atoms with van der Waals surface area (Å²) in [4.78, 5) is 37.4. The third-order valence-corrected chi connectivity index (χ3v) is 8.66. The van der Waals surface area contributed by atoms with Crippen LogP contribution in [0.25, 0.3) is 0 Å². The second kappa shape index (κ2) is 12.0. The van der Waals surface area contributed by atoms with E-state index in [0.29, 0.717) is 37.2 Å². The van der Waals surface area contributed by atoms with Crippen LogP contribution in [0.15, 0.2) is 30.3 Å². The molecular formula is C24H35N2O7P. The Hall–Kier alpha value is -2.22. The number of hydrogen-bond acceptors (Lipinski definition) is 7. The summed E-state index contributed by atoms with van der Waals surface area (Å²) in [6.45, 7) is 2.22. The van der Waals surface area contributed by atoms with E-state index in [0.717, 1.165) is 12.8 Å². The molecule has 0 radical (unpaired) electrons. The Balaban J connectivity index is 1.51. The van der Waals surface area contributed by atoms with Crippen molar-refractivity contribution < 1.29 is 33.3 Å². The van der Waals surface area contributed by atoms with Crippen LogP contribution >= 0.6 is 7.37 Å². The molecule has 3 rings (SSSR count). The molecule has 34 heavy (non-hydrogen) atoms. The Morgan fingerprint density at radius 1 is 1.15 bits per heavy atom. The number of carboxylic acids is 1. The van der Waals surface area contributed by atoms with E-state index in [9.17, 15) is 18.9 Å². The van der Waals surface area contributed by atoms with Gasteiger partial charge in [-0.05, 0) is 51.3 Å². The molecule has 0 saturated carbocycles. The standard InChI is InChI=1S/C24H35N2O7P/c1-26-17-10-11-19(26)23(20(16-17)33-34(2,31)18-8-4-3-5-9-18)24(30)32-15-7-6-14-25-21(27)12-13-22(28)29/h3-5,8-9,17,19-20,23H,6-7,10-16H2,1-2H3,(H,25,27)(H,28,29)/t17?,19?,20-,23+,34-/m0/s1. The molecule has 1 aromatic rings. The molecule has 2 fully saturated rings. The lowest BCUT2D eigenvalue weighted by atomic mass is 9.88. The number of rotatable bonds is 12. The summed E-state index contributed by atoms with van der Waals surface area (Å²) in [7, 11) is -1.08. The first kappa shape index (κ1) is 26.4. The van der Waals surface area contributed by atoms with Gasteiger partial charge in [0.15, 0.2) is 0 Å². The highest BCUT2D eigenvalue weighted by molar-refractivity contribution is 7.66. The van der Waals surface area contributed by atoms with Crippen molar-refractivity contribution in [1.29, 1.82) is 0 Å². The van der Waals surface area contributed by atoms with Crippen LogP contribution in [-0.4, -0.2) is 72.9 Å². The number of nitrogens with zero attached hydrogens (tertiary/aromatic N) is 1. The highest BCUT2D eigenvalue weighted by atomic mass is 31.2. The van der Waals surface area contributed by atoms with Gasteiger partial charge in [0.1, 0.15) is 0 Å². The van der Waals surface area contributed by atoms with E-state index in [2.05, 4.69) is 10.2 Å². The van der Waals surface area contributed by atoms with Crippen LogP contribution in [0.2, 0.25) is 0 Å². The Morgan fingerprint density at radius 2 is 1.88 bits per heavy atom. The third-order valence-electron chi connectivity index (χ3n) is 6.75. The molecule has 2 unspecified atom stereocenters. The maximum absolute atomic E-state index is 13.4. The molecule has 0 aromatic heterocycles. The summed E-state index contributed by atoms with van der Waals surface area (Å²) in [5.74, 6) is -2.14. The highest BCUT2D eigenvalue weighted by Gasteiger charge is 2.51. The first-order chi connectivity index (χ1) is 16.2. The van der Waals surface area contributed by atoms with Crippen LogP contribution < -0.4 is 10.6 Å². The SMILES string of the molecule is CN1C2CCC1[C@@H](C(=O)OCCCCNC(=O)CCC(=O)O)[C@@H](O[P@](C)(=O)c1ccccc1)C2. The summed E-state index contributed by atoms with van der Waals surface area (Å²) in [5, 5.41) is 11.9. The second-order valence-corrected chi connectivity index (χ2v) is 11.6. The van der Waals surface area contributed by atoms with Crippen molar-refractivity contribution in [3.8, 4) is 0 Å². The van der Waals surface area contributed by atoms with E-state index in [1.807, 2.05) is 25.2 Å². The number of fused-ring (bicyclic) bond motifs is 2. The van der Waals surface area contributed by atoms with Gasteiger partial charge in [-0.25, -0.2) is 0 Å². The number of carbonyl (C=O) groups is 3. The molecule has 2 heterocycles. The normalized spacial score (nSPS) is 25.9. The largest absolute Gasteiger partial charge is 0.481 e. The van der Waals surface area contributed by atoms with Gasteiger partial charge in [-0.2, -0.15) is 0 Å². The number of amides is 1. The number of piperidine rings is 1. The molecule has 0 spiro atoms. The molecule has 1 aromatic carbocycles. The van der Waals surface area contributed by atoms with Crippen LogP contribution in [0.3, 0.4) is 0 Å². The molecule has 5 atom stereocenters. The van der Waals surface area contributed by atoms with Gasteiger partial charge in [0, 0.05) is 37.0 Å².